The van der Waals surface area contributed by atoms with Crippen LogP contribution in [0.25, 0.3) is 5.69 Å². The van der Waals surface area contributed by atoms with Gasteiger partial charge in [0.15, 0.2) is 5.13 Å². The fraction of sp³-hybridized carbons (Fsp3) is 0.0833. The number of hydrogen-bond acceptors (Lipinski definition) is 6. The summed E-state index contributed by atoms with van der Waals surface area (Å²) in [6, 6.07) is 7.47. The zero-order valence-electron chi connectivity index (χ0n) is 10.3. The van der Waals surface area contributed by atoms with E-state index in [1.54, 1.807) is 10.9 Å². The first kappa shape index (κ1) is 12.4. The molecule has 0 bridgehead atoms. The summed E-state index contributed by atoms with van der Waals surface area (Å²) in [5, 5.41) is 16.1. The van der Waals surface area contributed by atoms with Gasteiger partial charge in [-0.05, 0) is 28.1 Å². The van der Waals surface area contributed by atoms with Crippen molar-refractivity contribution < 1.29 is 4.79 Å². The van der Waals surface area contributed by atoms with Gasteiger partial charge in [-0.3, -0.25) is 4.79 Å². The fourth-order valence-electron chi connectivity index (χ4n) is 1.68. The standard InChI is InChI=1S/C12H10N6OS/c19-11(15-12-13-5-6-20-12)7-9-1-3-10(4-2-9)18-8-14-16-17-18/h1-6,8H,7H2,(H,13,15,19). The molecule has 0 unspecified atom stereocenters. The van der Waals surface area contributed by atoms with Crippen molar-refractivity contribution in [2.75, 3.05) is 5.32 Å². The van der Waals surface area contributed by atoms with Crippen LogP contribution in [0.3, 0.4) is 0 Å². The molecule has 0 fully saturated rings. The highest BCUT2D eigenvalue weighted by molar-refractivity contribution is 7.13. The molecule has 100 valence electrons. The number of hydrogen-bond donors (Lipinski definition) is 1. The lowest BCUT2D eigenvalue weighted by atomic mass is 10.1. The number of carbonyl (C=O) groups is 1. The van der Waals surface area contributed by atoms with Gasteiger partial charge in [-0.2, -0.15) is 0 Å². The Hall–Kier alpha value is -2.61. The van der Waals surface area contributed by atoms with Gasteiger partial charge in [-0.25, -0.2) is 9.67 Å². The lowest BCUT2D eigenvalue weighted by Crippen LogP contribution is -2.14. The molecule has 3 rings (SSSR count). The maximum atomic E-state index is 11.8. The molecule has 0 atom stereocenters. The maximum absolute atomic E-state index is 11.8. The molecule has 7 nitrogen and oxygen atoms in total. The number of thiazole rings is 1. The summed E-state index contributed by atoms with van der Waals surface area (Å²) >= 11 is 1.39. The van der Waals surface area contributed by atoms with E-state index in [1.165, 1.54) is 17.7 Å². The number of nitrogens with one attached hydrogen (secondary N) is 1. The fourth-order valence-corrected chi connectivity index (χ4v) is 2.23. The van der Waals surface area contributed by atoms with Crippen molar-refractivity contribution in [3.8, 4) is 5.69 Å². The van der Waals surface area contributed by atoms with Gasteiger partial charge < -0.3 is 5.32 Å². The third-order valence-electron chi connectivity index (χ3n) is 2.59. The molecule has 0 aliphatic carbocycles. The first-order valence-corrected chi connectivity index (χ1v) is 6.71. The molecular weight excluding hydrogens is 276 g/mol. The van der Waals surface area contributed by atoms with Crippen LogP contribution in [0, 0.1) is 0 Å². The molecule has 2 aromatic heterocycles. The highest BCUT2D eigenvalue weighted by Gasteiger charge is 2.06. The first-order valence-electron chi connectivity index (χ1n) is 5.83. The number of tetrazole rings is 1. The third-order valence-corrected chi connectivity index (χ3v) is 3.28. The Morgan fingerprint density at radius 1 is 1.30 bits per heavy atom. The second-order valence-corrected chi connectivity index (χ2v) is 4.88. The second-order valence-electron chi connectivity index (χ2n) is 3.98. The Labute approximate surface area is 118 Å². The van der Waals surface area contributed by atoms with Crippen molar-refractivity contribution in [1.82, 2.24) is 25.2 Å². The topological polar surface area (TPSA) is 85.6 Å². The highest BCUT2D eigenvalue weighted by atomic mass is 32.1. The van der Waals surface area contributed by atoms with Crippen LogP contribution < -0.4 is 5.32 Å². The van der Waals surface area contributed by atoms with Gasteiger partial charge in [0, 0.05) is 11.6 Å². The van der Waals surface area contributed by atoms with Crippen LogP contribution >= 0.6 is 11.3 Å². The molecule has 1 amide bonds. The van der Waals surface area contributed by atoms with Crippen molar-refractivity contribution >= 4 is 22.4 Å². The van der Waals surface area contributed by atoms with Crippen molar-refractivity contribution in [1.29, 1.82) is 0 Å². The summed E-state index contributed by atoms with van der Waals surface area (Å²) in [4.78, 5) is 15.8. The number of aromatic nitrogens is 5. The molecule has 3 aromatic rings. The predicted octanol–water partition coefficient (Wildman–Crippen LogP) is 1.30. The zero-order chi connectivity index (χ0) is 13.8. The number of carbonyl (C=O) groups excluding carboxylic acids is 1. The van der Waals surface area contributed by atoms with Gasteiger partial charge in [0.05, 0.1) is 12.1 Å². The van der Waals surface area contributed by atoms with E-state index in [4.69, 9.17) is 0 Å². The summed E-state index contributed by atoms with van der Waals surface area (Å²) in [5.74, 6) is -0.0878. The predicted molar refractivity (Wildman–Crippen MR) is 73.6 cm³/mol. The summed E-state index contributed by atoms with van der Waals surface area (Å²) in [7, 11) is 0. The molecule has 0 saturated heterocycles. The first-order chi connectivity index (χ1) is 9.81. The number of anilines is 1. The van der Waals surface area contributed by atoms with E-state index in [9.17, 15) is 4.79 Å². The average Bonchev–Trinajstić information content (AvgIpc) is 3.12. The van der Waals surface area contributed by atoms with Crippen molar-refractivity contribution in [3.05, 3.63) is 47.7 Å². The van der Waals surface area contributed by atoms with Crippen LogP contribution in [0.15, 0.2) is 42.2 Å². The van der Waals surface area contributed by atoms with Crippen LogP contribution in [0.4, 0.5) is 5.13 Å². The minimum absolute atomic E-state index is 0.0878. The molecule has 2 heterocycles. The van der Waals surface area contributed by atoms with E-state index >= 15 is 0 Å². The Morgan fingerprint density at radius 3 is 2.80 bits per heavy atom. The molecule has 0 saturated carbocycles. The Bertz CT molecular complexity index is 677. The van der Waals surface area contributed by atoms with E-state index in [1.807, 2.05) is 29.6 Å². The lowest BCUT2D eigenvalue weighted by Gasteiger charge is -2.03. The normalized spacial score (nSPS) is 10.4. The molecule has 0 aliphatic heterocycles. The number of rotatable bonds is 4. The van der Waals surface area contributed by atoms with Gasteiger partial charge >= 0.3 is 0 Å². The monoisotopic (exact) mass is 286 g/mol. The van der Waals surface area contributed by atoms with Crippen LogP contribution in [-0.2, 0) is 11.2 Å². The average molecular weight is 286 g/mol. The Balaban J connectivity index is 1.65. The zero-order valence-corrected chi connectivity index (χ0v) is 11.1. The molecule has 1 aromatic carbocycles. The van der Waals surface area contributed by atoms with Crippen molar-refractivity contribution in [3.63, 3.8) is 0 Å². The van der Waals surface area contributed by atoms with Gasteiger partial charge in [0.25, 0.3) is 0 Å². The van der Waals surface area contributed by atoms with Gasteiger partial charge in [0.2, 0.25) is 5.91 Å². The Morgan fingerprint density at radius 2 is 2.15 bits per heavy atom. The third kappa shape index (κ3) is 2.86. The quantitative estimate of drug-likeness (QED) is 0.781. The van der Waals surface area contributed by atoms with E-state index in [-0.39, 0.29) is 5.91 Å². The van der Waals surface area contributed by atoms with Gasteiger partial charge in [0.1, 0.15) is 6.33 Å². The number of amides is 1. The van der Waals surface area contributed by atoms with E-state index in [0.29, 0.717) is 11.6 Å². The molecular formula is C12H10N6OS. The molecule has 0 spiro atoms. The van der Waals surface area contributed by atoms with Crippen LogP contribution in [0.1, 0.15) is 5.56 Å². The summed E-state index contributed by atoms with van der Waals surface area (Å²) < 4.78 is 1.55. The van der Waals surface area contributed by atoms with E-state index in [2.05, 4.69) is 25.8 Å². The number of benzene rings is 1. The molecule has 8 heteroatoms. The van der Waals surface area contributed by atoms with Crippen molar-refractivity contribution in [2.24, 2.45) is 0 Å². The minimum atomic E-state index is -0.0878. The van der Waals surface area contributed by atoms with Crippen LogP contribution in [0.5, 0.6) is 0 Å². The second kappa shape index (κ2) is 5.57. The molecule has 20 heavy (non-hydrogen) atoms. The largest absolute Gasteiger partial charge is 0.302 e. The molecule has 0 aliphatic rings. The lowest BCUT2D eigenvalue weighted by molar-refractivity contribution is -0.115. The SMILES string of the molecule is O=C(Cc1ccc(-n2cnnn2)cc1)Nc1nccs1. The van der Waals surface area contributed by atoms with Gasteiger partial charge in [-0.1, -0.05) is 12.1 Å². The highest BCUT2D eigenvalue weighted by Crippen LogP contribution is 2.12. The van der Waals surface area contributed by atoms with E-state index in [0.717, 1.165) is 11.3 Å². The maximum Gasteiger partial charge on any atom is 0.230 e. The van der Waals surface area contributed by atoms with Crippen molar-refractivity contribution in [2.45, 2.75) is 6.42 Å². The summed E-state index contributed by atoms with van der Waals surface area (Å²) in [5.41, 5.74) is 1.76. The number of nitrogens with zero attached hydrogens (tertiary/aromatic N) is 5. The molecule has 0 radical (unpaired) electrons. The Kier molecular flexibility index (Phi) is 3.46. The summed E-state index contributed by atoms with van der Waals surface area (Å²) in [6.45, 7) is 0. The van der Waals surface area contributed by atoms with E-state index < -0.39 is 0 Å². The minimum Gasteiger partial charge on any atom is -0.302 e. The molecule has 1 N–H and O–H groups in total. The van der Waals surface area contributed by atoms with Gasteiger partial charge in [-0.15, -0.1) is 16.4 Å². The smallest absolute Gasteiger partial charge is 0.230 e. The van der Waals surface area contributed by atoms with Crippen LogP contribution in [-0.4, -0.2) is 31.1 Å². The van der Waals surface area contributed by atoms with Crippen LogP contribution in [0.2, 0.25) is 0 Å². The summed E-state index contributed by atoms with van der Waals surface area (Å²) in [6.07, 6.45) is 3.47.